The van der Waals surface area contributed by atoms with Crippen LogP contribution in [0.1, 0.15) is 31.2 Å². The lowest BCUT2D eigenvalue weighted by molar-refractivity contribution is 0.845. The van der Waals surface area contributed by atoms with E-state index in [2.05, 4.69) is 52.9 Å². The zero-order chi connectivity index (χ0) is 9.80. The Balaban J connectivity index is 1.88. The fourth-order valence-electron chi connectivity index (χ4n) is 1.92. The summed E-state index contributed by atoms with van der Waals surface area (Å²) in [6, 6.07) is 8.88. The summed E-state index contributed by atoms with van der Waals surface area (Å²) in [4.78, 5) is 0. The first kappa shape index (κ1) is 10.2. The average molecular weight is 298 g/mol. The first-order chi connectivity index (χ1) is 6.84. The van der Waals surface area contributed by atoms with E-state index in [1.165, 1.54) is 41.2 Å². The molecule has 1 aromatic carbocycles. The number of rotatable bonds is 3. The molecule has 0 atom stereocenters. The lowest BCUT2D eigenvalue weighted by Gasteiger charge is -2.02. The number of halogens is 1. The highest BCUT2D eigenvalue weighted by molar-refractivity contribution is 14.1. The van der Waals surface area contributed by atoms with Crippen LogP contribution in [0.5, 0.6) is 0 Å². The van der Waals surface area contributed by atoms with Gasteiger partial charge in [0.25, 0.3) is 0 Å². The Hall–Kier alpha value is -0.310. The SMILES string of the molecule is Ic1ccc(CCC2=CCCC2)cc1. The van der Waals surface area contributed by atoms with Crippen LogP contribution in [0, 0.1) is 3.57 Å². The van der Waals surface area contributed by atoms with Crippen molar-refractivity contribution in [2.75, 3.05) is 0 Å². The molecule has 74 valence electrons. The Morgan fingerprint density at radius 1 is 1.07 bits per heavy atom. The summed E-state index contributed by atoms with van der Waals surface area (Å²) in [6.07, 6.45) is 8.92. The van der Waals surface area contributed by atoms with Gasteiger partial charge < -0.3 is 0 Å². The Labute approximate surface area is 99.6 Å². The zero-order valence-corrected chi connectivity index (χ0v) is 10.5. The quantitative estimate of drug-likeness (QED) is 0.575. The van der Waals surface area contributed by atoms with E-state index in [9.17, 15) is 0 Å². The third-order valence-corrected chi connectivity index (χ3v) is 3.50. The van der Waals surface area contributed by atoms with E-state index in [4.69, 9.17) is 0 Å². The number of allylic oxidation sites excluding steroid dienone is 2. The smallest absolute Gasteiger partial charge is 0.0130 e. The van der Waals surface area contributed by atoms with Crippen molar-refractivity contribution >= 4 is 22.6 Å². The number of benzene rings is 1. The monoisotopic (exact) mass is 298 g/mol. The minimum Gasteiger partial charge on any atom is -0.0853 e. The summed E-state index contributed by atoms with van der Waals surface area (Å²) < 4.78 is 1.33. The maximum Gasteiger partial charge on any atom is 0.0130 e. The fourth-order valence-corrected chi connectivity index (χ4v) is 2.28. The second-order valence-electron chi connectivity index (χ2n) is 3.88. The van der Waals surface area contributed by atoms with Crippen LogP contribution >= 0.6 is 22.6 Å². The third kappa shape index (κ3) is 2.84. The van der Waals surface area contributed by atoms with Gasteiger partial charge in [0, 0.05) is 3.57 Å². The van der Waals surface area contributed by atoms with Gasteiger partial charge in [0.15, 0.2) is 0 Å². The van der Waals surface area contributed by atoms with E-state index in [1.54, 1.807) is 5.57 Å². The van der Waals surface area contributed by atoms with Gasteiger partial charge in [-0.05, 0) is 72.4 Å². The highest BCUT2D eigenvalue weighted by Crippen LogP contribution is 2.22. The molecule has 0 bridgehead atoms. The molecular formula is C13H15I. The van der Waals surface area contributed by atoms with E-state index in [1.807, 2.05) is 0 Å². The van der Waals surface area contributed by atoms with Crippen LogP contribution in [-0.2, 0) is 6.42 Å². The van der Waals surface area contributed by atoms with Gasteiger partial charge in [-0.3, -0.25) is 0 Å². The van der Waals surface area contributed by atoms with Crippen molar-refractivity contribution in [3.05, 3.63) is 45.0 Å². The van der Waals surface area contributed by atoms with E-state index in [0.29, 0.717) is 0 Å². The number of aryl methyl sites for hydroxylation is 1. The minimum atomic E-state index is 1.21. The molecule has 0 heterocycles. The summed E-state index contributed by atoms with van der Waals surface area (Å²) in [7, 11) is 0. The van der Waals surface area contributed by atoms with Crippen molar-refractivity contribution in [1.29, 1.82) is 0 Å². The molecule has 0 amide bonds. The largest absolute Gasteiger partial charge is 0.0853 e. The number of hydrogen-bond donors (Lipinski definition) is 0. The van der Waals surface area contributed by atoms with Crippen LogP contribution in [-0.4, -0.2) is 0 Å². The highest BCUT2D eigenvalue weighted by Gasteiger charge is 2.04. The highest BCUT2D eigenvalue weighted by atomic mass is 127. The molecule has 1 heteroatoms. The Kier molecular flexibility index (Phi) is 3.62. The van der Waals surface area contributed by atoms with Crippen LogP contribution in [0.25, 0.3) is 0 Å². The van der Waals surface area contributed by atoms with E-state index in [-0.39, 0.29) is 0 Å². The third-order valence-electron chi connectivity index (χ3n) is 2.78. The average Bonchev–Trinajstić information content (AvgIpc) is 2.70. The Morgan fingerprint density at radius 2 is 1.86 bits per heavy atom. The van der Waals surface area contributed by atoms with Gasteiger partial charge in [0.2, 0.25) is 0 Å². The molecule has 14 heavy (non-hydrogen) atoms. The summed E-state index contributed by atoms with van der Waals surface area (Å²) in [5, 5.41) is 0. The molecule has 1 aliphatic rings. The molecule has 1 aromatic rings. The molecule has 0 saturated heterocycles. The van der Waals surface area contributed by atoms with Gasteiger partial charge in [-0.15, -0.1) is 0 Å². The Bertz CT molecular complexity index is 322. The van der Waals surface area contributed by atoms with Gasteiger partial charge in [-0.2, -0.15) is 0 Å². The van der Waals surface area contributed by atoms with Crippen LogP contribution in [0.15, 0.2) is 35.9 Å². The van der Waals surface area contributed by atoms with Gasteiger partial charge in [0.1, 0.15) is 0 Å². The van der Waals surface area contributed by atoms with E-state index >= 15 is 0 Å². The molecule has 0 fully saturated rings. The predicted molar refractivity (Wildman–Crippen MR) is 69.4 cm³/mol. The van der Waals surface area contributed by atoms with Crippen molar-refractivity contribution in [3.63, 3.8) is 0 Å². The fraction of sp³-hybridized carbons (Fsp3) is 0.385. The molecule has 0 aromatic heterocycles. The topological polar surface area (TPSA) is 0 Å². The summed E-state index contributed by atoms with van der Waals surface area (Å²) in [5.41, 5.74) is 3.14. The normalized spacial score (nSPS) is 15.6. The molecule has 0 unspecified atom stereocenters. The zero-order valence-electron chi connectivity index (χ0n) is 8.30. The maximum atomic E-state index is 2.42. The molecule has 0 nitrogen and oxygen atoms in total. The lowest BCUT2D eigenvalue weighted by atomic mass is 10.0. The molecular weight excluding hydrogens is 283 g/mol. The van der Waals surface area contributed by atoms with Gasteiger partial charge >= 0.3 is 0 Å². The minimum absolute atomic E-state index is 1.21. The summed E-state index contributed by atoms with van der Waals surface area (Å²) in [5.74, 6) is 0. The van der Waals surface area contributed by atoms with Crippen molar-refractivity contribution in [2.45, 2.75) is 32.1 Å². The molecule has 1 aliphatic carbocycles. The second-order valence-corrected chi connectivity index (χ2v) is 5.13. The maximum absolute atomic E-state index is 2.42. The van der Waals surface area contributed by atoms with Crippen molar-refractivity contribution in [2.24, 2.45) is 0 Å². The van der Waals surface area contributed by atoms with Gasteiger partial charge in [-0.25, -0.2) is 0 Å². The van der Waals surface area contributed by atoms with Crippen molar-refractivity contribution in [1.82, 2.24) is 0 Å². The first-order valence-electron chi connectivity index (χ1n) is 5.27. The molecule has 0 aliphatic heterocycles. The van der Waals surface area contributed by atoms with Crippen molar-refractivity contribution < 1.29 is 0 Å². The molecule has 0 saturated carbocycles. The lowest BCUT2D eigenvalue weighted by Crippen LogP contribution is -1.87. The second kappa shape index (κ2) is 4.96. The van der Waals surface area contributed by atoms with Gasteiger partial charge in [-0.1, -0.05) is 23.8 Å². The molecule has 0 N–H and O–H groups in total. The molecule has 2 rings (SSSR count). The first-order valence-corrected chi connectivity index (χ1v) is 6.35. The number of hydrogen-bond acceptors (Lipinski definition) is 0. The summed E-state index contributed by atoms with van der Waals surface area (Å²) in [6.45, 7) is 0. The van der Waals surface area contributed by atoms with Gasteiger partial charge in [0.05, 0.1) is 0 Å². The molecule has 0 spiro atoms. The predicted octanol–water partition coefficient (Wildman–Crippen LogP) is 4.33. The van der Waals surface area contributed by atoms with Crippen LogP contribution < -0.4 is 0 Å². The Morgan fingerprint density at radius 3 is 2.50 bits per heavy atom. The van der Waals surface area contributed by atoms with Crippen LogP contribution in [0.2, 0.25) is 0 Å². The van der Waals surface area contributed by atoms with Crippen LogP contribution in [0.3, 0.4) is 0 Å². The van der Waals surface area contributed by atoms with Crippen molar-refractivity contribution in [3.8, 4) is 0 Å². The molecule has 0 radical (unpaired) electrons. The van der Waals surface area contributed by atoms with E-state index in [0.717, 1.165) is 0 Å². The standard InChI is InChI=1S/C13H15I/c14-13-9-7-12(8-10-13)6-5-11-3-1-2-4-11/h3,7-10H,1-2,4-6H2. The summed E-state index contributed by atoms with van der Waals surface area (Å²) >= 11 is 2.35. The van der Waals surface area contributed by atoms with E-state index < -0.39 is 0 Å². The van der Waals surface area contributed by atoms with Crippen LogP contribution in [0.4, 0.5) is 0 Å².